The summed E-state index contributed by atoms with van der Waals surface area (Å²) in [6, 6.07) is 0. The van der Waals surface area contributed by atoms with Crippen LogP contribution in [0.1, 0.15) is 78.1 Å². The molecule has 1 aliphatic carbocycles. The lowest BCUT2D eigenvalue weighted by Crippen LogP contribution is -2.17. The Labute approximate surface area is 103 Å². The van der Waals surface area contributed by atoms with Crippen LogP contribution in [0.4, 0.5) is 0 Å². The van der Waals surface area contributed by atoms with E-state index in [9.17, 15) is 0 Å². The molecule has 94 valence electrons. The Kier molecular flexibility index (Phi) is 6.84. The van der Waals surface area contributed by atoms with Crippen molar-refractivity contribution in [3.05, 3.63) is 12.2 Å². The summed E-state index contributed by atoms with van der Waals surface area (Å²) in [5, 5.41) is 0. The standard InChI is InChI=1S/C16H30/c1-4-5-6-7-8-9-10-16-13-14(2)11-12-15(16)3/h15-16H,2,4-13H2,1,3H3. The van der Waals surface area contributed by atoms with Gasteiger partial charge >= 0.3 is 0 Å². The van der Waals surface area contributed by atoms with Crippen LogP contribution >= 0.6 is 0 Å². The second-order valence-electron chi connectivity index (χ2n) is 5.79. The molecule has 0 bridgehead atoms. The average molecular weight is 222 g/mol. The zero-order valence-electron chi connectivity index (χ0n) is 11.4. The van der Waals surface area contributed by atoms with Crippen LogP contribution in [0.15, 0.2) is 12.2 Å². The van der Waals surface area contributed by atoms with Crippen LogP contribution < -0.4 is 0 Å². The minimum absolute atomic E-state index is 0.946. The first-order valence-corrected chi connectivity index (χ1v) is 7.40. The fourth-order valence-corrected chi connectivity index (χ4v) is 2.91. The molecule has 0 aliphatic heterocycles. The van der Waals surface area contributed by atoms with E-state index in [0.29, 0.717) is 0 Å². The molecule has 0 heteroatoms. The van der Waals surface area contributed by atoms with Gasteiger partial charge in [-0.1, -0.05) is 64.5 Å². The van der Waals surface area contributed by atoms with Gasteiger partial charge in [0.25, 0.3) is 0 Å². The summed E-state index contributed by atoms with van der Waals surface area (Å²) >= 11 is 0. The maximum Gasteiger partial charge on any atom is -0.0292 e. The predicted octanol–water partition coefficient (Wildman–Crippen LogP) is 5.73. The number of hydrogen-bond donors (Lipinski definition) is 0. The molecule has 1 aliphatic rings. The Hall–Kier alpha value is -0.260. The third-order valence-corrected chi connectivity index (χ3v) is 4.24. The van der Waals surface area contributed by atoms with Crippen molar-refractivity contribution in [2.75, 3.05) is 0 Å². The Balaban J connectivity index is 2.04. The quantitative estimate of drug-likeness (QED) is 0.381. The number of rotatable bonds is 7. The van der Waals surface area contributed by atoms with Crippen molar-refractivity contribution in [1.29, 1.82) is 0 Å². The van der Waals surface area contributed by atoms with Gasteiger partial charge in [0.05, 0.1) is 0 Å². The predicted molar refractivity (Wildman–Crippen MR) is 73.6 cm³/mol. The minimum atomic E-state index is 0.946. The first-order chi connectivity index (χ1) is 7.74. The van der Waals surface area contributed by atoms with Gasteiger partial charge in [-0.3, -0.25) is 0 Å². The van der Waals surface area contributed by atoms with Crippen LogP contribution in [0.2, 0.25) is 0 Å². The molecule has 2 atom stereocenters. The number of hydrogen-bond acceptors (Lipinski definition) is 0. The second kappa shape index (κ2) is 7.92. The van der Waals surface area contributed by atoms with Crippen molar-refractivity contribution in [2.24, 2.45) is 11.8 Å². The lowest BCUT2D eigenvalue weighted by molar-refractivity contribution is 0.274. The highest BCUT2D eigenvalue weighted by molar-refractivity contribution is 5.00. The van der Waals surface area contributed by atoms with Crippen LogP contribution in [0.25, 0.3) is 0 Å². The molecule has 0 spiro atoms. The number of unbranched alkanes of at least 4 members (excludes halogenated alkanes) is 5. The Morgan fingerprint density at radius 3 is 2.56 bits per heavy atom. The van der Waals surface area contributed by atoms with Crippen molar-refractivity contribution in [1.82, 2.24) is 0 Å². The molecule has 1 saturated carbocycles. The van der Waals surface area contributed by atoms with Gasteiger partial charge in [-0.15, -0.1) is 0 Å². The summed E-state index contributed by atoms with van der Waals surface area (Å²) < 4.78 is 0. The zero-order chi connectivity index (χ0) is 11.8. The topological polar surface area (TPSA) is 0 Å². The largest absolute Gasteiger partial charge is 0.0999 e. The molecular weight excluding hydrogens is 192 g/mol. The highest BCUT2D eigenvalue weighted by Crippen LogP contribution is 2.35. The van der Waals surface area contributed by atoms with Gasteiger partial charge in [0.2, 0.25) is 0 Å². The molecule has 16 heavy (non-hydrogen) atoms. The summed E-state index contributed by atoms with van der Waals surface area (Å²) in [7, 11) is 0. The summed E-state index contributed by atoms with van der Waals surface area (Å²) in [6.45, 7) is 8.89. The van der Waals surface area contributed by atoms with Gasteiger partial charge in [0, 0.05) is 0 Å². The molecule has 0 heterocycles. The Morgan fingerprint density at radius 1 is 1.12 bits per heavy atom. The first kappa shape index (κ1) is 13.8. The molecule has 0 saturated heterocycles. The van der Waals surface area contributed by atoms with Crippen LogP contribution in [-0.2, 0) is 0 Å². The lowest BCUT2D eigenvalue weighted by Gasteiger charge is -2.30. The summed E-state index contributed by atoms with van der Waals surface area (Å²) in [5.41, 5.74) is 1.51. The van der Waals surface area contributed by atoms with Crippen molar-refractivity contribution < 1.29 is 0 Å². The lowest BCUT2D eigenvalue weighted by atomic mass is 9.76. The maximum atomic E-state index is 4.17. The van der Waals surface area contributed by atoms with Gasteiger partial charge in [-0.2, -0.15) is 0 Å². The van der Waals surface area contributed by atoms with Gasteiger partial charge in [0.1, 0.15) is 0 Å². The van der Waals surface area contributed by atoms with Crippen LogP contribution in [0.3, 0.4) is 0 Å². The van der Waals surface area contributed by atoms with Gasteiger partial charge in [-0.25, -0.2) is 0 Å². The molecule has 1 fully saturated rings. The molecule has 0 radical (unpaired) electrons. The molecule has 2 unspecified atom stereocenters. The van der Waals surface area contributed by atoms with Crippen molar-refractivity contribution in [3.8, 4) is 0 Å². The molecule has 0 N–H and O–H groups in total. The van der Waals surface area contributed by atoms with E-state index in [4.69, 9.17) is 0 Å². The fourth-order valence-electron chi connectivity index (χ4n) is 2.91. The molecule has 1 rings (SSSR count). The van der Waals surface area contributed by atoms with Crippen LogP contribution in [0, 0.1) is 11.8 Å². The van der Waals surface area contributed by atoms with E-state index in [1.807, 2.05) is 0 Å². The normalized spacial score (nSPS) is 26.0. The maximum absolute atomic E-state index is 4.17. The van der Waals surface area contributed by atoms with Gasteiger partial charge < -0.3 is 0 Å². The van der Waals surface area contributed by atoms with Crippen LogP contribution in [0.5, 0.6) is 0 Å². The summed E-state index contributed by atoms with van der Waals surface area (Å²) in [4.78, 5) is 0. The molecular formula is C16H30. The Morgan fingerprint density at radius 2 is 1.81 bits per heavy atom. The minimum Gasteiger partial charge on any atom is -0.0999 e. The zero-order valence-corrected chi connectivity index (χ0v) is 11.4. The van der Waals surface area contributed by atoms with Gasteiger partial charge in [0.15, 0.2) is 0 Å². The van der Waals surface area contributed by atoms with E-state index in [1.165, 1.54) is 69.8 Å². The average Bonchev–Trinajstić information content (AvgIpc) is 2.28. The summed E-state index contributed by atoms with van der Waals surface area (Å²) in [6.07, 6.45) is 14.0. The second-order valence-corrected chi connectivity index (χ2v) is 5.79. The highest BCUT2D eigenvalue weighted by Gasteiger charge is 2.22. The van der Waals surface area contributed by atoms with E-state index < -0.39 is 0 Å². The molecule has 0 amide bonds. The van der Waals surface area contributed by atoms with E-state index in [1.54, 1.807) is 0 Å². The van der Waals surface area contributed by atoms with E-state index >= 15 is 0 Å². The van der Waals surface area contributed by atoms with Gasteiger partial charge in [-0.05, 0) is 37.5 Å². The third-order valence-electron chi connectivity index (χ3n) is 4.24. The third kappa shape index (κ3) is 5.18. The van der Waals surface area contributed by atoms with Crippen molar-refractivity contribution >= 4 is 0 Å². The SMILES string of the molecule is C=C1CCC(C)C(CCCCCCCC)C1. The molecule has 0 aromatic carbocycles. The van der Waals surface area contributed by atoms with E-state index in [-0.39, 0.29) is 0 Å². The smallest absolute Gasteiger partial charge is 0.0292 e. The molecule has 0 aromatic rings. The van der Waals surface area contributed by atoms with E-state index in [0.717, 1.165) is 11.8 Å². The number of allylic oxidation sites excluding steroid dienone is 1. The first-order valence-electron chi connectivity index (χ1n) is 7.40. The fraction of sp³-hybridized carbons (Fsp3) is 0.875. The Bertz CT molecular complexity index is 192. The highest BCUT2D eigenvalue weighted by atomic mass is 14.3. The molecule has 0 nitrogen and oxygen atoms in total. The monoisotopic (exact) mass is 222 g/mol. The summed E-state index contributed by atoms with van der Waals surface area (Å²) in [5.74, 6) is 1.90. The van der Waals surface area contributed by atoms with Crippen molar-refractivity contribution in [2.45, 2.75) is 78.1 Å². The van der Waals surface area contributed by atoms with Crippen LogP contribution in [-0.4, -0.2) is 0 Å². The van der Waals surface area contributed by atoms with Crippen molar-refractivity contribution in [3.63, 3.8) is 0 Å². The van der Waals surface area contributed by atoms with E-state index in [2.05, 4.69) is 20.4 Å². The molecule has 0 aromatic heterocycles.